The van der Waals surface area contributed by atoms with E-state index in [1.54, 1.807) is 19.1 Å². The summed E-state index contributed by atoms with van der Waals surface area (Å²) in [5.74, 6) is 0.0205. The van der Waals surface area contributed by atoms with E-state index in [0.29, 0.717) is 15.5 Å². The Kier molecular flexibility index (Phi) is 5.34. The molecule has 29 heavy (non-hydrogen) atoms. The summed E-state index contributed by atoms with van der Waals surface area (Å²) in [5, 5.41) is 0. The van der Waals surface area contributed by atoms with Gasteiger partial charge in [0.2, 0.25) is 0 Å². The zero-order valence-electron chi connectivity index (χ0n) is 16.4. The number of methoxy groups -OCH3 is 2. The molecule has 3 rings (SSSR count). The molecule has 9 heteroatoms. The van der Waals surface area contributed by atoms with Crippen LogP contribution in [0, 0.1) is 13.8 Å². The minimum absolute atomic E-state index is 0.0315. The van der Waals surface area contributed by atoms with Crippen molar-refractivity contribution in [1.82, 2.24) is 8.54 Å². The van der Waals surface area contributed by atoms with Gasteiger partial charge in [-0.3, -0.25) is 4.79 Å². The Morgan fingerprint density at radius 2 is 1.52 bits per heavy atom. The number of carbonyl (C=O) groups excluding carboxylic acids is 1. The number of carbonyl (C=O) groups is 1. The maximum absolute atomic E-state index is 12.9. The van der Waals surface area contributed by atoms with E-state index in [1.165, 1.54) is 38.5 Å². The molecule has 0 amide bonds. The fourth-order valence-electron chi connectivity index (χ4n) is 2.76. The molecule has 2 aromatic carbocycles. The number of imidazole rings is 1. The number of ether oxygens (including phenoxy) is 2. The molecular weight excluding hydrogens is 396 g/mol. The van der Waals surface area contributed by atoms with Crippen LogP contribution in [0.25, 0.3) is 0 Å². The largest absolute Gasteiger partial charge is 0.497 e. The number of nitrogens with zero attached hydrogens (tertiary/aromatic N) is 2. The zero-order chi connectivity index (χ0) is 21.3. The van der Waals surface area contributed by atoms with E-state index in [9.17, 15) is 18.0 Å². The molecule has 0 bridgehead atoms. The summed E-state index contributed by atoms with van der Waals surface area (Å²) in [6, 6.07) is 9.03. The van der Waals surface area contributed by atoms with Crippen LogP contribution in [-0.4, -0.2) is 37.1 Å². The predicted octanol–water partition coefficient (Wildman–Crippen LogP) is 2.21. The van der Waals surface area contributed by atoms with Crippen LogP contribution < -0.4 is 15.2 Å². The van der Waals surface area contributed by atoms with E-state index >= 15 is 0 Å². The molecule has 8 nitrogen and oxygen atoms in total. The second-order valence-electron chi connectivity index (χ2n) is 6.40. The summed E-state index contributed by atoms with van der Waals surface area (Å²) in [7, 11) is -1.28. The average molecular weight is 416 g/mol. The van der Waals surface area contributed by atoms with Gasteiger partial charge in [-0.15, -0.1) is 0 Å². The molecule has 0 radical (unpaired) electrons. The number of hydrogen-bond donors (Lipinski definition) is 0. The van der Waals surface area contributed by atoms with E-state index in [2.05, 4.69) is 0 Å². The monoisotopic (exact) mass is 416 g/mol. The van der Waals surface area contributed by atoms with Crippen molar-refractivity contribution in [3.05, 3.63) is 76.0 Å². The van der Waals surface area contributed by atoms with Crippen LogP contribution in [0.3, 0.4) is 0 Å². The van der Waals surface area contributed by atoms with Crippen molar-refractivity contribution < 1.29 is 22.7 Å². The molecule has 0 atom stereocenters. The van der Waals surface area contributed by atoms with Gasteiger partial charge >= 0.3 is 5.69 Å². The molecule has 0 N–H and O–H groups in total. The molecule has 0 aliphatic carbocycles. The van der Waals surface area contributed by atoms with Gasteiger partial charge in [-0.2, -0.15) is 3.97 Å². The van der Waals surface area contributed by atoms with Gasteiger partial charge in [-0.1, -0.05) is 6.07 Å². The SMILES string of the molecule is COc1cc(OC)cc(C(=O)n2ccn(S(=O)(=O)c3ccc(C)c(C)c3)c2=O)c1. The maximum atomic E-state index is 12.9. The van der Waals surface area contributed by atoms with E-state index < -0.39 is 21.6 Å². The lowest BCUT2D eigenvalue weighted by Gasteiger charge is -2.08. The summed E-state index contributed by atoms with van der Waals surface area (Å²) in [6.07, 6.45) is 2.18. The molecule has 3 aromatic rings. The van der Waals surface area contributed by atoms with Crippen LogP contribution in [0.2, 0.25) is 0 Å². The van der Waals surface area contributed by atoms with Gasteiger partial charge in [0, 0.05) is 24.0 Å². The fourth-order valence-corrected chi connectivity index (χ4v) is 4.06. The summed E-state index contributed by atoms with van der Waals surface area (Å²) >= 11 is 0. The smallest absolute Gasteiger partial charge is 0.349 e. The van der Waals surface area contributed by atoms with Gasteiger partial charge in [-0.25, -0.2) is 17.8 Å². The number of aryl methyl sites for hydroxylation is 2. The van der Waals surface area contributed by atoms with Gasteiger partial charge in [-0.05, 0) is 49.2 Å². The first-order valence-electron chi connectivity index (χ1n) is 8.59. The van der Waals surface area contributed by atoms with Gasteiger partial charge in [0.15, 0.2) is 0 Å². The predicted molar refractivity (Wildman–Crippen MR) is 106 cm³/mol. The third-order valence-electron chi connectivity index (χ3n) is 4.60. The third-order valence-corrected chi connectivity index (χ3v) is 6.24. The molecular formula is C20H20N2O6S. The number of aromatic nitrogens is 2. The first-order valence-corrected chi connectivity index (χ1v) is 10.0. The van der Waals surface area contributed by atoms with Crippen molar-refractivity contribution in [3.8, 4) is 11.5 Å². The highest BCUT2D eigenvalue weighted by Crippen LogP contribution is 2.23. The Labute approximate surface area is 168 Å². The summed E-state index contributed by atoms with van der Waals surface area (Å²) in [4.78, 5) is 25.5. The Morgan fingerprint density at radius 3 is 2.07 bits per heavy atom. The zero-order valence-corrected chi connectivity index (χ0v) is 17.2. The van der Waals surface area contributed by atoms with Crippen LogP contribution >= 0.6 is 0 Å². The lowest BCUT2D eigenvalue weighted by atomic mass is 10.1. The number of benzene rings is 2. The van der Waals surface area contributed by atoms with Gasteiger partial charge in [0.25, 0.3) is 15.9 Å². The molecule has 0 fully saturated rings. The van der Waals surface area contributed by atoms with Crippen molar-refractivity contribution in [3.63, 3.8) is 0 Å². The van der Waals surface area contributed by atoms with Crippen molar-refractivity contribution >= 4 is 15.9 Å². The first kappa shape index (κ1) is 20.4. The second-order valence-corrected chi connectivity index (χ2v) is 8.22. The molecule has 0 saturated carbocycles. The second kappa shape index (κ2) is 7.59. The molecule has 0 spiro atoms. The van der Waals surface area contributed by atoms with Crippen molar-refractivity contribution in [1.29, 1.82) is 0 Å². The molecule has 0 saturated heterocycles. The molecule has 1 aromatic heterocycles. The Balaban J connectivity index is 2.06. The highest BCUT2D eigenvalue weighted by atomic mass is 32.2. The Morgan fingerprint density at radius 1 is 0.897 bits per heavy atom. The highest BCUT2D eigenvalue weighted by Gasteiger charge is 2.23. The third kappa shape index (κ3) is 3.68. The van der Waals surface area contributed by atoms with Gasteiger partial charge in [0.05, 0.1) is 19.1 Å². The first-order chi connectivity index (χ1) is 13.7. The van der Waals surface area contributed by atoms with Crippen molar-refractivity contribution in [2.75, 3.05) is 14.2 Å². The van der Waals surface area contributed by atoms with E-state index in [4.69, 9.17) is 9.47 Å². The molecule has 0 aliphatic rings. The molecule has 1 heterocycles. The summed E-state index contributed by atoms with van der Waals surface area (Å²) in [6.45, 7) is 3.64. The van der Waals surface area contributed by atoms with Gasteiger partial charge in [0.1, 0.15) is 11.5 Å². The standard InChI is InChI=1S/C20H20N2O6S/c1-13-5-6-18(9-14(13)2)29(25,26)22-8-7-21(20(22)24)19(23)15-10-16(27-3)12-17(11-15)28-4/h5-12H,1-4H3. The number of rotatable bonds is 5. The number of hydrogen-bond acceptors (Lipinski definition) is 6. The molecule has 152 valence electrons. The topological polar surface area (TPSA) is 96.6 Å². The van der Waals surface area contributed by atoms with E-state index in [0.717, 1.165) is 28.1 Å². The fraction of sp³-hybridized carbons (Fsp3) is 0.200. The quantitative estimate of drug-likeness (QED) is 0.633. The van der Waals surface area contributed by atoms with E-state index in [-0.39, 0.29) is 10.5 Å². The summed E-state index contributed by atoms with van der Waals surface area (Å²) < 4.78 is 37.3. The Hall–Kier alpha value is -3.33. The average Bonchev–Trinajstić information content (AvgIpc) is 3.10. The van der Waals surface area contributed by atoms with Crippen LogP contribution in [0.1, 0.15) is 21.5 Å². The van der Waals surface area contributed by atoms with Crippen LogP contribution in [-0.2, 0) is 10.0 Å². The van der Waals surface area contributed by atoms with E-state index in [1.807, 2.05) is 6.92 Å². The molecule has 0 unspecified atom stereocenters. The summed E-state index contributed by atoms with van der Waals surface area (Å²) in [5.41, 5.74) is 0.828. The lowest BCUT2D eigenvalue weighted by Crippen LogP contribution is -2.32. The van der Waals surface area contributed by atoms with Crippen molar-refractivity contribution in [2.24, 2.45) is 0 Å². The lowest BCUT2D eigenvalue weighted by molar-refractivity contribution is 0.0955. The minimum atomic E-state index is -4.15. The van der Waals surface area contributed by atoms with Crippen LogP contribution in [0.5, 0.6) is 11.5 Å². The maximum Gasteiger partial charge on any atom is 0.349 e. The highest BCUT2D eigenvalue weighted by molar-refractivity contribution is 7.90. The minimum Gasteiger partial charge on any atom is -0.497 e. The Bertz CT molecular complexity index is 1230. The van der Waals surface area contributed by atoms with Crippen molar-refractivity contribution in [2.45, 2.75) is 18.7 Å². The normalized spacial score (nSPS) is 11.3. The van der Waals surface area contributed by atoms with Crippen LogP contribution in [0.4, 0.5) is 0 Å². The van der Waals surface area contributed by atoms with Gasteiger partial charge < -0.3 is 9.47 Å². The van der Waals surface area contributed by atoms with Crippen LogP contribution in [0.15, 0.2) is 58.5 Å². The molecule has 0 aliphatic heterocycles.